The number of likely N-dealkylation sites (N-methyl/N-ethyl adjacent to an activating group) is 1. The molecule has 236 valence electrons. The van der Waals surface area contributed by atoms with E-state index in [9.17, 15) is 14.0 Å². The second kappa shape index (κ2) is 13.5. The van der Waals surface area contributed by atoms with Crippen LogP contribution in [0.3, 0.4) is 0 Å². The summed E-state index contributed by atoms with van der Waals surface area (Å²) in [4.78, 5) is 31.3. The van der Waals surface area contributed by atoms with Gasteiger partial charge in [0.25, 0.3) is 5.91 Å². The van der Waals surface area contributed by atoms with Crippen LogP contribution in [0, 0.1) is 5.82 Å². The summed E-state index contributed by atoms with van der Waals surface area (Å²) >= 11 is 0. The topological polar surface area (TPSA) is 68.3 Å². The third kappa shape index (κ3) is 7.33. The van der Waals surface area contributed by atoms with Crippen molar-refractivity contribution in [1.82, 2.24) is 9.80 Å². The molecule has 1 fully saturated rings. The van der Waals surface area contributed by atoms with E-state index in [4.69, 9.17) is 13.9 Å². The molecule has 1 aliphatic heterocycles. The number of benzene rings is 3. The van der Waals surface area contributed by atoms with Gasteiger partial charge in [-0.2, -0.15) is 0 Å². The highest BCUT2D eigenvalue weighted by Crippen LogP contribution is 2.46. The Labute approximate surface area is 262 Å². The Balaban J connectivity index is 1.65. The van der Waals surface area contributed by atoms with E-state index in [2.05, 4.69) is 33.9 Å². The lowest BCUT2D eigenvalue weighted by atomic mass is 9.95. The zero-order valence-corrected chi connectivity index (χ0v) is 27.9. The lowest BCUT2D eigenvalue weighted by Crippen LogP contribution is -2.61. The number of carbonyl (C=O) groups is 2. The molecule has 0 N–H and O–H groups in total. The average molecular weight is 621 g/mol. The summed E-state index contributed by atoms with van der Waals surface area (Å²) < 4.78 is 32.5. The largest absolute Gasteiger partial charge is 0.489 e. The van der Waals surface area contributed by atoms with Gasteiger partial charge in [-0.1, -0.05) is 81.4 Å². The van der Waals surface area contributed by atoms with Crippen molar-refractivity contribution in [1.29, 1.82) is 0 Å². The number of carbonyl (C=O) groups excluding carboxylic acids is 2. The van der Waals surface area contributed by atoms with Gasteiger partial charge in [0.1, 0.15) is 30.3 Å². The lowest BCUT2D eigenvalue weighted by molar-refractivity contribution is -0.142. The maximum atomic E-state index is 14.1. The second-order valence-electron chi connectivity index (χ2n) is 13.2. The molecule has 1 aliphatic rings. The molecule has 2 amide bonds. The highest BCUT2D eigenvalue weighted by molar-refractivity contribution is 6.74. The quantitative estimate of drug-likeness (QED) is 0.217. The molecule has 9 heteroatoms. The fraction of sp³-hybridized carbons (Fsp3) is 0.429. The predicted octanol–water partition coefficient (Wildman–Crippen LogP) is 7.73. The van der Waals surface area contributed by atoms with Crippen molar-refractivity contribution in [3.63, 3.8) is 0 Å². The summed E-state index contributed by atoms with van der Waals surface area (Å²) in [6.07, 6.45) is 0.413. The van der Waals surface area contributed by atoms with Gasteiger partial charge >= 0.3 is 6.09 Å². The molecule has 3 aromatic rings. The first kappa shape index (κ1) is 33.2. The predicted molar refractivity (Wildman–Crippen MR) is 172 cm³/mol. The van der Waals surface area contributed by atoms with E-state index in [0.29, 0.717) is 24.2 Å². The Bertz CT molecular complexity index is 1430. The molecular formula is C35H45FN2O5Si. The fourth-order valence-corrected chi connectivity index (χ4v) is 6.27. The number of likely N-dealkylation sites (tertiary alicyclic amines) is 1. The van der Waals surface area contributed by atoms with Gasteiger partial charge in [0, 0.05) is 19.7 Å². The molecule has 0 radical (unpaired) electrons. The summed E-state index contributed by atoms with van der Waals surface area (Å²) in [5.74, 6) is 0.0619. The van der Waals surface area contributed by atoms with Crippen LogP contribution in [-0.2, 0) is 27.2 Å². The maximum absolute atomic E-state index is 14.1. The average Bonchev–Trinajstić information content (AvgIpc) is 3.39. The van der Waals surface area contributed by atoms with Crippen LogP contribution in [0.5, 0.6) is 5.75 Å². The Morgan fingerprint density at radius 1 is 0.955 bits per heavy atom. The number of nitrogens with zero attached hydrogens (tertiary/aromatic N) is 2. The first-order chi connectivity index (χ1) is 20.7. The van der Waals surface area contributed by atoms with Crippen LogP contribution in [0.2, 0.25) is 18.1 Å². The molecule has 3 aromatic carbocycles. The highest BCUT2D eigenvalue weighted by atomic mass is 28.4. The number of amides is 2. The fourth-order valence-electron chi connectivity index (χ4n) is 5.24. The van der Waals surface area contributed by atoms with Crippen molar-refractivity contribution in [3.8, 4) is 5.75 Å². The molecule has 4 rings (SSSR count). The van der Waals surface area contributed by atoms with E-state index in [1.807, 2.05) is 54.6 Å². The van der Waals surface area contributed by atoms with Crippen molar-refractivity contribution in [3.05, 3.63) is 101 Å². The van der Waals surface area contributed by atoms with E-state index < -0.39 is 26.0 Å². The smallest absolute Gasteiger partial charge is 0.411 e. The number of hydrogen-bond donors (Lipinski definition) is 0. The second-order valence-corrected chi connectivity index (χ2v) is 18.0. The molecular weight excluding hydrogens is 575 g/mol. The van der Waals surface area contributed by atoms with Gasteiger partial charge in [0.05, 0.1) is 12.6 Å². The van der Waals surface area contributed by atoms with Crippen LogP contribution >= 0.6 is 0 Å². The molecule has 1 heterocycles. The Morgan fingerprint density at radius 2 is 1.59 bits per heavy atom. The van der Waals surface area contributed by atoms with Gasteiger partial charge in [-0.05, 0) is 60.3 Å². The third-order valence-electron chi connectivity index (χ3n) is 8.91. The number of ether oxygens (including phenoxy) is 2. The van der Waals surface area contributed by atoms with E-state index in [0.717, 1.165) is 11.1 Å². The number of rotatable bonds is 10. The Hall–Kier alpha value is -3.69. The monoisotopic (exact) mass is 620 g/mol. The van der Waals surface area contributed by atoms with Crippen molar-refractivity contribution < 1.29 is 27.9 Å². The summed E-state index contributed by atoms with van der Waals surface area (Å²) in [5, 5.41) is -0.0789. The summed E-state index contributed by atoms with van der Waals surface area (Å²) in [6.45, 7) is 11.0. The number of hydrogen-bond acceptors (Lipinski definition) is 5. The molecule has 0 aliphatic carbocycles. The molecule has 0 spiro atoms. The van der Waals surface area contributed by atoms with Crippen LogP contribution in [0.4, 0.5) is 9.18 Å². The van der Waals surface area contributed by atoms with Crippen LogP contribution < -0.4 is 4.74 Å². The van der Waals surface area contributed by atoms with E-state index in [1.165, 1.54) is 11.0 Å². The van der Waals surface area contributed by atoms with Crippen molar-refractivity contribution in [2.24, 2.45) is 0 Å². The lowest BCUT2D eigenvalue weighted by Gasteiger charge is -2.44. The van der Waals surface area contributed by atoms with Gasteiger partial charge in [0.2, 0.25) is 0 Å². The summed E-state index contributed by atoms with van der Waals surface area (Å²) in [5.41, 5.74) is 0.932. The number of halogens is 1. The summed E-state index contributed by atoms with van der Waals surface area (Å²) in [6, 6.07) is 23.0. The molecule has 2 atom stereocenters. The zero-order valence-electron chi connectivity index (χ0n) is 26.9. The minimum atomic E-state index is -2.28. The first-order valence-corrected chi connectivity index (χ1v) is 18.0. The molecule has 0 saturated carbocycles. The van der Waals surface area contributed by atoms with Crippen molar-refractivity contribution in [2.45, 2.75) is 76.5 Å². The summed E-state index contributed by atoms with van der Waals surface area (Å²) in [7, 11) is 1.14. The van der Waals surface area contributed by atoms with Crippen LogP contribution in [0.25, 0.3) is 0 Å². The van der Waals surface area contributed by atoms with Gasteiger partial charge < -0.3 is 18.8 Å². The zero-order chi connectivity index (χ0) is 32.1. The Kier molecular flexibility index (Phi) is 10.2. The minimum Gasteiger partial charge on any atom is -0.489 e. The van der Waals surface area contributed by atoms with Crippen LogP contribution in [0.1, 0.15) is 56.3 Å². The minimum absolute atomic E-state index is 0.0789. The van der Waals surface area contributed by atoms with Crippen molar-refractivity contribution in [2.75, 3.05) is 20.7 Å². The third-order valence-corrected chi connectivity index (χ3v) is 13.4. The normalized spacial score (nSPS) is 18.6. The first-order valence-electron chi connectivity index (χ1n) is 15.1. The molecule has 1 saturated heterocycles. The van der Waals surface area contributed by atoms with Gasteiger partial charge in [-0.25, -0.2) is 9.18 Å². The molecule has 0 unspecified atom stereocenters. The molecule has 44 heavy (non-hydrogen) atoms. The van der Waals surface area contributed by atoms with E-state index in [-0.39, 0.29) is 36.6 Å². The van der Waals surface area contributed by atoms with Crippen molar-refractivity contribution >= 4 is 20.3 Å². The van der Waals surface area contributed by atoms with Gasteiger partial charge in [0.15, 0.2) is 8.32 Å². The highest BCUT2D eigenvalue weighted by Gasteiger charge is 2.57. The van der Waals surface area contributed by atoms with E-state index in [1.54, 1.807) is 37.2 Å². The Morgan fingerprint density at radius 3 is 2.20 bits per heavy atom. The van der Waals surface area contributed by atoms with E-state index >= 15 is 0 Å². The standard InChI is InChI=1S/C35H45FN2O5Si/c1-34(2,3)44(6,7)43-25-35(32(39)37(4)5)22-21-31(38(35)33(40)42-23-26-13-9-8-10-14-26)27-17-19-29(20-18-27)41-24-28-15-11-12-16-30(28)36/h8-20,31H,21-25H2,1-7H3/t31-,35-/m1/s1. The van der Waals surface area contributed by atoms with Crippen LogP contribution in [0.15, 0.2) is 78.9 Å². The maximum Gasteiger partial charge on any atom is 0.411 e. The molecule has 7 nitrogen and oxygen atoms in total. The SMILES string of the molecule is CN(C)C(=O)[C@]1(CO[Si](C)(C)C(C)(C)C)CC[C@H](c2ccc(OCc3ccccc3F)cc2)N1C(=O)OCc1ccccc1. The molecule has 0 bridgehead atoms. The van der Waals surface area contributed by atoms with Crippen LogP contribution in [-0.4, -0.2) is 56.4 Å². The van der Waals surface area contributed by atoms with Gasteiger partial charge in [-0.3, -0.25) is 9.69 Å². The van der Waals surface area contributed by atoms with Gasteiger partial charge in [-0.15, -0.1) is 0 Å². The molecule has 0 aromatic heterocycles.